The van der Waals surface area contributed by atoms with Crippen LogP contribution in [0, 0.1) is 10.1 Å². The summed E-state index contributed by atoms with van der Waals surface area (Å²) in [7, 11) is 1.42. The van der Waals surface area contributed by atoms with Gasteiger partial charge >= 0.3 is 0 Å². The number of amides is 2. The zero-order chi connectivity index (χ0) is 21.0. The molecule has 0 aliphatic carbocycles. The van der Waals surface area contributed by atoms with Crippen LogP contribution in [0.25, 0.3) is 5.69 Å². The minimum Gasteiger partial charge on any atom is -0.332 e. The lowest BCUT2D eigenvalue weighted by atomic mass is 10.1. The highest BCUT2D eigenvalue weighted by Gasteiger charge is 2.22. The molecule has 0 spiro atoms. The van der Waals surface area contributed by atoms with Gasteiger partial charge in [-0.15, -0.1) is 0 Å². The fourth-order valence-corrected chi connectivity index (χ4v) is 2.77. The lowest BCUT2D eigenvalue weighted by Gasteiger charge is -2.17. The second-order valence-corrected chi connectivity index (χ2v) is 6.40. The summed E-state index contributed by atoms with van der Waals surface area (Å²) in [6, 6.07) is 10.7. The van der Waals surface area contributed by atoms with E-state index in [9.17, 15) is 19.7 Å². The summed E-state index contributed by atoms with van der Waals surface area (Å²) in [6.07, 6.45) is 2.56. The highest BCUT2D eigenvalue weighted by molar-refractivity contribution is 6.33. The van der Waals surface area contributed by atoms with E-state index in [2.05, 4.69) is 15.4 Å². The van der Waals surface area contributed by atoms with Crippen LogP contribution in [0.3, 0.4) is 0 Å². The Morgan fingerprint density at radius 3 is 2.69 bits per heavy atom. The molecule has 0 bridgehead atoms. The summed E-state index contributed by atoms with van der Waals surface area (Å²) in [5, 5.41) is 18.3. The lowest BCUT2D eigenvalue weighted by molar-refractivity contribution is -0.384. The van der Waals surface area contributed by atoms with Crippen LogP contribution in [-0.4, -0.2) is 50.0 Å². The molecule has 1 N–H and O–H groups in total. The van der Waals surface area contributed by atoms with Crippen molar-refractivity contribution >= 4 is 34.8 Å². The molecule has 0 saturated carbocycles. The van der Waals surface area contributed by atoms with E-state index in [1.807, 2.05) is 0 Å². The Labute approximate surface area is 169 Å². The molecule has 0 radical (unpaired) electrons. The molecule has 0 saturated heterocycles. The van der Waals surface area contributed by atoms with Crippen molar-refractivity contribution in [2.24, 2.45) is 0 Å². The Kier molecular flexibility index (Phi) is 5.84. The number of carbonyl (C=O) groups is 2. The number of anilines is 1. The number of hydrogen-bond acceptors (Lipinski definition) is 6. The number of hydrogen-bond donors (Lipinski definition) is 1. The maximum atomic E-state index is 12.6. The van der Waals surface area contributed by atoms with Gasteiger partial charge in [0.15, 0.2) is 0 Å². The smallest absolute Gasteiger partial charge is 0.295 e. The number of benzene rings is 2. The van der Waals surface area contributed by atoms with E-state index in [0.717, 1.165) is 11.0 Å². The van der Waals surface area contributed by atoms with Crippen molar-refractivity contribution in [3.8, 4) is 5.69 Å². The van der Waals surface area contributed by atoms with E-state index in [1.54, 1.807) is 24.3 Å². The molecule has 0 atom stereocenters. The normalized spacial score (nSPS) is 10.4. The number of nitrogens with one attached hydrogen (secondary N) is 1. The molecule has 2 amide bonds. The van der Waals surface area contributed by atoms with Crippen LogP contribution in [-0.2, 0) is 4.79 Å². The van der Waals surface area contributed by atoms with Crippen LogP contribution in [0.1, 0.15) is 10.4 Å². The first-order chi connectivity index (χ1) is 13.9. The second kappa shape index (κ2) is 8.48. The van der Waals surface area contributed by atoms with E-state index >= 15 is 0 Å². The van der Waals surface area contributed by atoms with E-state index in [0.29, 0.717) is 10.7 Å². The summed E-state index contributed by atoms with van der Waals surface area (Å²) in [5.41, 5.74) is 0.347. The summed E-state index contributed by atoms with van der Waals surface area (Å²) in [4.78, 5) is 40.6. The fourth-order valence-electron chi connectivity index (χ4n) is 2.59. The molecule has 29 heavy (non-hydrogen) atoms. The third-order valence-corrected chi connectivity index (χ3v) is 4.29. The van der Waals surface area contributed by atoms with Gasteiger partial charge in [-0.1, -0.05) is 23.7 Å². The SMILES string of the molecule is CN(CC(=O)Nc1ccccc1Cl)C(=O)c1ccc(-n2cncn2)c([N+](=O)[O-])c1. The van der Waals surface area contributed by atoms with Gasteiger partial charge in [0.05, 0.1) is 22.2 Å². The number of carbonyl (C=O) groups excluding carboxylic acids is 2. The maximum absolute atomic E-state index is 12.6. The monoisotopic (exact) mass is 414 g/mol. The lowest BCUT2D eigenvalue weighted by Crippen LogP contribution is -2.35. The second-order valence-electron chi connectivity index (χ2n) is 5.99. The van der Waals surface area contributed by atoms with Gasteiger partial charge in [-0.25, -0.2) is 9.67 Å². The van der Waals surface area contributed by atoms with Crippen molar-refractivity contribution < 1.29 is 14.5 Å². The average molecular weight is 415 g/mol. The average Bonchev–Trinajstić information content (AvgIpc) is 3.23. The zero-order valence-electron chi connectivity index (χ0n) is 15.2. The Morgan fingerprint density at radius 2 is 2.03 bits per heavy atom. The highest BCUT2D eigenvalue weighted by Crippen LogP contribution is 2.24. The van der Waals surface area contributed by atoms with Crippen LogP contribution >= 0.6 is 11.6 Å². The van der Waals surface area contributed by atoms with Crippen molar-refractivity contribution in [2.75, 3.05) is 18.9 Å². The number of nitrogens with zero attached hydrogens (tertiary/aromatic N) is 5. The van der Waals surface area contributed by atoms with Crippen molar-refractivity contribution in [3.63, 3.8) is 0 Å². The first kappa shape index (κ1) is 20.0. The molecule has 148 valence electrons. The Balaban J connectivity index is 1.75. The van der Waals surface area contributed by atoms with Crippen LogP contribution in [0.5, 0.6) is 0 Å². The summed E-state index contributed by atoms with van der Waals surface area (Å²) >= 11 is 6.00. The van der Waals surface area contributed by atoms with Gasteiger partial charge in [0, 0.05) is 18.7 Å². The molecule has 11 heteroatoms. The molecule has 2 aromatic carbocycles. The molecule has 10 nitrogen and oxygen atoms in total. The molecule has 0 fully saturated rings. The number of para-hydroxylation sites is 1. The highest BCUT2D eigenvalue weighted by atomic mass is 35.5. The first-order valence-electron chi connectivity index (χ1n) is 8.30. The summed E-state index contributed by atoms with van der Waals surface area (Å²) < 4.78 is 1.23. The van der Waals surface area contributed by atoms with Gasteiger partial charge < -0.3 is 10.2 Å². The fraction of sp³-hybridized carbons (Fsp3) is 0.111. The van der Waals surface area contributed by atoms with Gasteiger partial charge in [-0.05, 0) is 24.3 Å². The number of halogens is 1. The molecule has 0 aliphatic heterocycles. The number of nitro benzene ring substituents is 1. The van der Waals surface area contributed by atoms with E-state index in [1.165, 1.54) is 36.5 Å². The van der Waals surface area contributed by atoms with Gasteiger partial charge in [0.25, 0.3) is 11.6 Å². The van der Waals surface area contributed by atoms with Gasteiger partial charge in [0.2, 0.25) is 5.91 Å². The van der Waals surface area contributed by atoms with E-state index in [4.69, 9.17) is 11.6 Å². The standard InChI is InChI=1S/C18H15ClN6O4/c1-23(9-17(26)22-14-5-3-2-4-13(14)19)18(27)12-6-7-15(16(8-12)25(28)29)24-11-20-10-21-24/h2-8,10-11H,9H2,1H3,(H,22,26). The van der Waals surface area contributed by atoms with Crippen LogP contribution < -0.4 is 5.32 Å². The molecule has 0 aliphatic rings. The van der Waals surface area contributed by atoms with Crippen LogP contribution in [0.2, 0.25) is 5.02 Å². The molecule has 3 aromatic rings. The minimum absolute atomic E-state index is 0.0635. The van der Waals surface area contributed by atoms with E-state index < -0.39 is 16.7 Å². The maximum Gasteiger partial charge on any atom is 0.295 e. The summed E-state index contributed by atoms with van der Waals surface area (Å²) in [5.74, 6) is -1.00. The molecule has 1 aromatic heterocycles. The zero-order valence-corrected chi connectivity index (χ0v) is 15.9. The van der Waals surface area contributed by atoms with Crippen molar-refractivity contribution in [2.45, 2.75) is 0 Å². The summed E-state index contributed by atoms with van der Waals surface area (Å²) in [6.45, 7) is -0.261. The predicted octanol–water partition coefficient (Wildman–Crippen LogP) is 2.54. The third kappa shape index (κ3) is 4.55. The van der Waals surface area contributed by atoms with Crippen LogP contribution in [0.4, 0.5) is 11.4 Å². The molecule has 1 heterocycles. The Morgan fingerprint density at radius 1 is 1.28 bits per heavy atom. The predicted molar refractivity (Wildman–Crippen MR) is 105 cm³/mol. The molecule has 3 rings (SSSR count). The van der Waals surface area contributed by atoms with Crippen molar-refractivity contribution in [1.82, 2.24) is 19.7 Å². The van der Waals surface area contributed by atoms with Gasteiger partial charge in [-0.2, -0.15) is 5.10 Å². The Hall–Kier alpha value is -3.79. The van der Waals surface area contributed by atoms with Gasteiger partial charge in [-0.3, -0.25) is 19.7 Å². The first-order valence-corrected chi connectivity index (χ1v) is 8.68. The number of rotatable bonds is 6. The molecular weight excluding hydrogens is 400 g/mol. The minimum atomic E-state index is -0.613. The molecular formula is C18H15ClN6O4. The van der Waals surface area contributed by atoms with Crippen molar-refractivity contribution in [1.29, 1.82) is 0 Å². The van der Waals surface area contributed by atoms with Crippen LogP contribution in [0.15, 0.2) is 55.1 Å². The topological polar surface area (TPSA) is 123 Å². The largest absolute Gasteiger partial charge is 0.332 e. The number of aromatic nitrogens is 3. The van der Waals surface area contributed by atoms with Crippen molar-refractivity contribution in [3.05, 3.63) is 75.8 Å². The number of likely N-dealkylation sites (N-methyl/N-ethyl adjacent to an activating group) is 1. The molecule has 0 unspecified atom stereocenters. The van der Waals surface area contributed by atoms with Gasteiger partial charge in [0.1, 0.15) is 18.3 Å². The van der Waals surface area contributed by atoms with E-state index in [-0.39, 0.29) is 23.5 Å². The quantitative estimate of drug-likeness (QED) is 0.488. The third-order valence-electron chi connectivity index (χ3n) is 3.96. The Bertz CT molecular complexity index is 1070. The number of nitro groups is 1.